The summed E-state index contributed by atoms with van der Waals surface area (Å²) in [4.78, 5) is 29.9. The van der Waals surface area contributed by atoms with Crippen LogP contribution in [-0.2, 0) is 14.3 Å². The molecule has 1 aliphatic carbocycles. The van der Waals surface area contributed by atoms with E-state index in [9.17, 15) is 9.59 Å². The van der Waals surface area contributed by atoms with Gasteiger partial charge in [0.25, 0.3) is 0 Å². The van der Waals surface area contributed by atoms with Gasteiger partial charge >= 0.3 is 0 Å². The number of likely N-dealkylation sites (tertiary alicyclic amines) is 1. The molecule has 140 valence electrons. The number of amides is 2. The number of hydrogen-bond acceptors (Lipinski definition) is 4. The number of thioether (sulfide) groups is 1. The molecule has 3 heterocycles. The lowest BCUT2D eigenvalue weighted by Gasteiger charge is -2.33. The van der Waals surface area contributed by atoms with Crippen molar-refractivity contribution in [2.75, 3.05) is 31.2 Å². The first-order valence-electron chi connectivity index (χ1n) is 10.0. The highest BCUT2D eigenvalue weighted by Crippen LogP contribution is 2.32. The van der Waals surface area contributed by atoms with Crippen molar-refractivity contribution < 1.29 is 14.3 Å². The first-order valence-corrected chi connectivity index (χ1v) is 11.2. The second kappa shape index (κ2) is 7.87. The van der Waals surface area contributed by atoms with E-state index in [1.165, 1.54) is 12.8 Å². The zero-order valence-corrected chi connectivity index (χ0v) is 15.8. The Morgan fingerprint density at radius 3 is 2.72 bits per heavy atom. The molecule has 3 saturated heterocycles. The van der Waals surface area contributed by atoms with E-state index >= 15 is 0 Å². The van der Waals surface area contributed by atoms with Gasteiger partial charge in [0.1, 0.15) is 0 Å². The van der Waals surface area contributed by atoms with Gasteiger partial charge in [-0.1, -0.05) is 12.8 Å². The van der Waals surface area contributed by atoms with Gasteiger partial charge in [-0.25, -0.2) is 0 Å². The molecule has 3 atom stereocenters. The van der Waals surface area contributed by atoms with Crippen molar-refractivity contribution in [3.8, 4) is 0 Å². The zero-order chi connectivity index (χ0) is 17.2. The first kappa shape index (κ1) is 17.7. The lowest BCUT2D eigenvalue weighted by Crippen LogP contribution is -2.48. The molecule has 0 aromatic carbocycles. The monoisotopic (exact) mass is 366 g/mol. The molecule has 25 heavy (non-hydrogen) atoms. The summed E-state index contributed by atoms with van der Waals surface area (Å²) in [5, 5.41) is 0. The lowest BCUT2D eigenvalue weighted by atomic mass is 10.0. The molecule has 0 bridgehead atoms. The molecule has 3 aliphatic heterocycles. The van der Waals surface area contributed by atoms with E-state index in [0.717, 1.165) is 56.8 Å². The fourth-order valence-corrected chi connectivity index (χ4v) is 6.12. The number of ether oxygens (including phenoxy) is 1. The van der Waals surface area contributed by atoms with Crippen LogP contribution in [0.25, 0.3) is 0 Å². The third-order valence-corrected chi connectivity index (χ3v) is 7.47. The molecule has 4 fully saturated rings. The molecule has 5 nitrogen and oxygen atoms in total. The van der Waals surface area contributed by atoms with E-state index in [1.807, 2.05) is 16.7 Å². The van der Waals surface area contributed by atoms with Crippen molar-refractivity contribution in [1.29, 1.82) is 0 Å². The molecule has 4 rings (SSSR count). The molecule has 3 unspecified atom stereocenters. The standard InChI is InChI=1S/C19H30N2O3S/c22-18-10-14(11-20(18)15-4-1-2-5-15)19(23)21(16-7-9-25-13-16)12-17-6-3-8-24-17/h14-17H,1-13H2. The summed E-state index contributed by atoms with van der Waals surface area (Å²) in [6.07, 6.45) is 8.52. The predicted octanol–water partition coefficient (Wildman–Crippen LogP) is 2.29. The fraction of sp³-hybridized carbons (Fsp3) is 0.895. The van der Waals surface area contributed by atoms with Crippen LogP contribution >= 0.6 is 11.8 Å². The Morgan fingerprint density at radius 1 is 1.20 bits per heavy atom. The maximum atomic E-state index is 13.3. The summed E-state index contributed by atoms with van der Waals surface area (Å²) in [6.45, 7) is 2.19. The molecule has 4 aliphatic rings. The molecular weight excluding hydrogens is 336 g/mol. The second-order valence-corrected chi connectivity index (χ2v) is 9.18. The lowest BCUT2D eigenvalue weighted by molar-refractivity contribution is -0.139. The topological polar surface area (TPSA) is 49.9 Å². The van der Waals surface area contributed by atoms with Crippen molar-refractivity contribution in [3.05, 3.63) is 0 Å². The fourth-order valence-electron chi connectivity index (χ4n) is 4.89. The molecule has 0 aromatic rings. The first-order chi connectivity index (χ1) is 12.2. The van der Waals surface area contributed by atoms with E-state index in [1.54, 1.807) is 0 Å². The van der Waals surface area contributed by atoms with E-state index in [2.05, 4.69) is 4.90 Å². The minimum atomic E-state index is -0.139. The Bertz CT molecular complexity index is 497. The minimum absolute atomic E-state index is 0.139. The average molecular weight is 367 g/mol. The Hall–Kier alpha value is -0.750. The highest BCUT2D eigenvalue weighted by molar-refractivity contribution is 7.99. The van der Waals surface area contributed by atoms with Gasteiger partial charge in [0.05, 0.1) is 12.0 Å². The van der Waals surface area contributed by atoms with Gasteiger partial charge in [-0.3, -0.25) is 9.59 Å². The maximum Gasteiger partial charge on any atom is 0.228 e. The van der Waals surface area contributed by atoms with Gasteiger partial charge in [0.15, 0.2) is 0 Å². The van der Waals surface area contributed by atoms with Crippen LogP contribution in [0.2, 0.25) is 0 Å². The third kappa shape index (κ3) is 3.85. The maximum absolute atomic E-state index is 13.3. The summed E-state index contributed by atoms with van der Waals surface area (Å²) >= 11 is 1.94. The van der Waals surface area contributed by atoms with Gasteiger partial charge < -0.3 is 14.5 Å². The Labute approximate surface area is 154 Å². The average Bonchev–Trinajstić information content (AvgIpc) is 3.39. The Morgan fingerprint density at radius 2 is 2.04 bits per heavy atom. The van der Waals surface area contributed by atoms with Crippen LogP contribution in [0.3, 0.4) is 0 Å². The number of carbonyl (C=O) groups excluding carboxylic acids is 2. The van der Waals surface area contributed by atoms with Gasteiger partial charge in [-0.05, 0) is 37.9 Å². The van der Waals surface area contributed by atoms with Crippen LogP contribution in [-0.4, -0.2) is 71.0 Å². The van der Waals surface area contributed by atoms with E-state index in [0.29, 0.717) is 25.0 Å². The summed E-state index contributed by atoms with van der Waals surface area (Å²) in [6, 6.07) is 0.719. The van der Waals surface area contributed by atoms with Gasteiger partial charge in [0.2, 0.25) is 11.8 Å². The molecule has 0 aromatic heterocycles. The molecule has 0 spiro atoms. The molecule has 0 N–H and O–H groups in total. The summed E-state index contributed by atoms with van der Waals surface area (Å²) in [5.41, 5.74) is 0. The highest BCUT2D eigenvalue weighted by Gasteiger charge is 2.42. The van der Waals surface area contributed by atoms with Crippen LogP contribution in [0.4, 0.5) is 0 Å². The molecular formula is C19H30N2O3S. The molecule has 2 amide bonds. The van der Waals surface area contributed by atoms with Crippen molar-refractivity contribution >= 4 is 23.6 Å². The van der Waals surface area contributed by atoms with Crippen LogP contribution in [0.5, 0.6) is 0 Å². The third-order valence-electron chi connectivity index (χ3n) is 6.33. The van der Waals surface area contributed by atoms with E-state index < -0.39 is 0 Å². The Kier molecular flexibility index (Phi) is 5.56. The highest BCUT2D eigenvalue weighted by atomic mass is 32.2. The summed E-state index contributed by atoms with van der Waals surface area (Å²) in [7, 11) is 0. The van der Waals surface area contributed by atoms with Crippen LogP contribution in [0.1, 0.15) is 51.4 Å². The summed E-state index contributed by atoms with van der Waals surface area (Å²) in [5.74, 6) is 2.43. The number of nitrogens with zero attached hydrogens (tertiary/aromatic N) is 2. The van der Waals surface area contributed by atoms with Crippen LogP contribution in [0.15, 0.2) is 0 Å². The van der Waals surface area contributed by atoms with Crippen molar-refractivity contribution in [1.82, 2.24) is 9.80 Å². The Balaban J connectivity index is 1.43. The van der Waals surface area contributed by atoms with Crippen molar-refractivity contribution in [2.45, 2.75) is 69.6 Å². The second-order valence-electron chi connectivity index (χ2n) is 8.03. The zero-order valence-electron chi connectivity index (χ0n) is 15.0. The van der Waals surface area contributed by atoms with E-state index in [4.69, 9.17) is 4.74 Å². The number of rotatable bonds is 5. The smallest absolute Gasteiger partial charge is 0.228 e. The SMILES string of the molecule is O=C1CC(C(=O)N(CC2CCCO2)C2CCSC2)CN1C1CCCC1. The van der Waals surface area contributed by atoms with Crippen LogP contribution < -0.4 is 0 Å². The van der Waals surface area contributed by atoms with Crippen molar-refractivity contribution in [2.24, 2.45) is 5.92 Å². The summed E-state index contributed by atoms with van der Waals surface area (Å²) < 4.78 is 5.80. The predicted molar refractivity (Wildman–Crippen MR) is 98.5 cm³/mol. The van der Waals surface area contributed by atoms with Gasteiger partial charge in [0, 0.05) is 44.0 Å². The molecule has 1 saturated carbocycles. The largest absolute Gasteiger partial charge is 0.376 e. The quantitative estimate of drug-likeness (QED) is 0.749. The van der Waals surface area contributed by atoms with E-state index in [-0.39, 0.29) is 23.8 Å². The molecule has 6 heteroatoms. The normalized spacial score (nSPS) is 33.5. The van der Waals surface area contributed by atoms with Gasteiger partial charge in [-0.15, -0.1) is 0 Å². The number of hydrogen-bond donors (Lipinski definition) is 0. The molecule has 0 radical (unpaired) electrons. The van der Waals surface area contributed by atoms with Gasteiger partial charge in [-0.2, -0.15) is 11.8 Å². The minimum Gasteiger partial charge on any atom is -0.376 e. The number of carbonyl (C=O) groups is 2. The van der Waals surface area contributed by atoms with Crippen molar-refractivity contribution in [3.63, 3.8) is 0 Å². The van der Waals surface area contributed by atoms with Crippen LogP contribution in [0, 0.1) is 5.92 Å².